The normalized spacial score (nSPS) is 11.7. The topological polar surface area (TPSA) is 71.5 Å². The van der Waals surface area contributed by atoms with Gasteiger partial charge < -0.3 is 10.9 Å². The molecule has 0 unspecified atom stereocenters. The molecule has 0 saturated carbocycles. The maximum atomic E-state index is 8.99. The lowest BCUT2D eigenvalue weighted by atomic mass is 10.1. The Hall–Kier alpha value is -2.01. The highest BCUT2D eigenvalue weighted by Gasteiger charge is 2.14. The van der Waals surface area contributed by atoms with Gasteiger partial charge >= 0.3 is 0 Å². The first-order valence-electron chi connectivity index (χ1n) is 6.63. The molecule has 0 aliphatic rings. The third-order valence-electron chi connectivity index (χ3n) is 3.21. The first kappa shape index (κ1) is 15.4. The number of benzene rings is 1. The van der Waals surface area contributed by atoms with Crippen molar-refractivity contribution in [1.82, 2.24) is 4.98 Å². The lowest BCUT2D eigenvalue weighted by molar-refractivity contribution is 0.318. The van der Waals surface area contributed by atoms with Crippen LogP contribution in [-0.2, 0) is 0 Å². The molecule has 1 aromatic heterocycles. The van der Waals surface area contributed by atoms with E-state index in [0.29, 0.717) is 5.56 Å². The monoisotopic (exact) mass is 301 g/mol. The standard InChI is InChI=1S/C16H19N3OS/c1-9-5-6-13(10(2)7-9)21-14-8-11(3)18-12(4)15(14)16(17)19-20/h5-8,20H,1-4H3,(H2,17,19). The summed E-state index contributed by atoms with van der Waals surface area (Å²) in [6, 6.07) is 8.28. The first-order valence-corrected chi connectivity index (χ1v) is 7.45. The maximum absolute atomic E-state index is 8.99. The van der Waals surface area contributed by atoms with Gasteiger partial charge in [-0.25, -0.2) is 0 Å². The summed E-state index contributed by atoms with van der Waals surface area (Å²) in [5, 5.41) is 12.1. The smallest absolute Gasteiger partial charge is 0.173 e. The molecule has 1 aromatic carbocycles. The third kappa shape index (κ3) is 3.36. The Morgan fingerprint density at radius 2 is 1.86 bits per heavy atom. The highest BCUT2D eigenvalue weighted by molar-refractivity contribution is 7.99. The highest BCUT2D eigenvalue weighted by atomic mass is 32.2. The predicted molar refractivity (Wildman–Crippen MR) is 86.3 cm³/mol. The summed E-state index contributed by atoms with van der Waals surface area (Å²) in [7, 11) is 0. The predicted octanol–water partition coefficient (Wildman–Crippen LogP) is 3.56. The molecule has 110 valence electrons. The molecule has 21 heavy (non-hydrogen) atoms. The number of aromatic nitrogens is 1. The zero-order valence-electron chi connectivity index (χ0n) is 12.6. The zero-order chi connectivity index (χ0) is 15.6. The van der Waals surface area contributed by atoms with E-state index in [4.69, 9.17) is 10.9 Å². The quantitative estimate of drug-likeness (QED) is 0.393. The van der Waals surface area contributed by atoms with Crippen LogP contribution in [0.3, 0.4) is 0 Å². The van der Waals surface area contributed by atoms with Crippen LogP contribution in [0, 0.1) is 27.7 Å². The van der Waals surface area contributed by atoms with E-state index in [9.17, 15) is 0 Å². The van der Waals surface area contributed by atoms with Gasteiger partial charge in [0.05, 0.1) is 5.56 Å². The van der Waals surface area contributed by atoms with Gasteiger partial charge in [-0.1, -0.05) is 34.6 Å². The van der Waals surface area contributed by atoms with E-state index in [1.165, 1.54) is 11.1 Å². The summed E-state index contributed by atoms with van der Waals surface area (Å²) >= 11 is 1.61. The first-order chi connectivity index (χ1) is 9.92. The Labute approximate surface area is 129 Å². The molecule has 2 aromatic rings. The van der Waals surface area contributed by atoms with Gasteiger partial charge in [-0.3, -0.25) is 4.98 Å². The Bertz CT molecular complexity index is 711. The van der Waals surface area contributed by atoms with Crippen molar-refractivity contribution in [3.63, 3.8) is 0 Å². The number of nitrogens with two attached hydrogens (primary N) is 1. The Morgan fingerprint density at radius 3 is 2.48 bits per heavy atom. The van der Waals surface area contributed by atoms with Gasteiger partial charge in [-0.2, -0.15) is 0 Å². The molecular weight excluding hydrogens is 282 g/mol. The van der Waals surface area contributed by atoms with E-state index >= 15 is 0 Å². The van der Waals surface area contributed by atoms with Crippen LogP contribution in [0.1, 0.15) is 28.1 Å². The van der Waals surface area contributed by atoms with E-state index in [1.54, 1.807) is 11.8 Å². The largest absolute Gasteiger partial charge is 0.409 e. The molecule has 0 fully saturated rings. The number of hydrogen-bond acceptors (Lipinski definition) is 4. The fourth-order valence-corrected chi connectivity index (χ4v) is 3.44. The highest BCUT2D eigenvalue weighted by Crippen LogP contribution is 2.34. The summed E-state index contributed by atoms with van der Waals surface area (Å²) in [6.07, 6.45) is 0. The Balaban J connectivity index is 2.53. The average molecular weight is 301 g/mol. The maximum Gasteiger partial charge on any atom is 0.173 e. The summed E-state index contributed by atoms with van der Waals surface area (Å²) in [4.78, 5) is 6.49. The van der Waals surface area contributed by atoms with Crippen LogP contribution >= 0.6 is 11.8 Å². The summed E-state index contributed by atoms with van der Waals surface area (Å²) in [6.45, 7) is 7.96. The fraction of sp³-hybridized carbons (Fsp3) is 0.250. The summed E-state index contributed by atoms with van der Waals surface area (Å²) in [5.74, 6) is 0.0901. The van der Waals surface area contributed by atoms with Crippen LogP contribution < -0.4 is 5.73 Å². The van der Waals surface area contributed by atoms with Gasteiger partial charge in [0.15, 0.2) is 5.84 Å². The zero-order valence-corrected chi connectivity index (χ0v) is 13.5. The molecule has 0 aliphatic heterocycles. The molecule has 0 radical (unpaired) electrons. The lowest BCUT2D eigenvalue weighted by Gasteiger charge is -2.13. The molecule has 0 bridgehead atoms. The van der Waals surface area contributed by atoms with Crippen molar-refractivity contribution >= 4 is 17.6 Å². The third-order valence-corrected chi connectivity index (χ3v) is 4.43. The van der Waals surface area contributed by atoms with Gasteiger partial charge in [0.2, 0.25) is 0 Å². The second kappa shape index (κ2) is 6.18. The molecule has 0 saturated heterocycles. The molecule has 3 N–H and O–H groups in total. The number of rotatable bonds is 3. The van der Waals surface area contributed by atoms with Crippen LogP contribution in [0.4, 0.5) is 0 Å². The van der Waals surface area contributed by atoms with Crippen molar-refractivity contribution in [3.05, 3.63) is 52.3 Å². The minimum Gasteiger partial charge on any atom is -0.409 e. The van der Waals surface area contributed by atoms with Crippen molar-refractivity contribution < 1.29 is 5.21 Å². The van der Waals surface area contributed by atoms with E-state index in [-0.39, 0.29) is 5.84 Å². The minimum absolute atomic E-state index is 0.0901. The Kier molecular flexibility index (Phi) is 4.53. The van der Waals surface area contributed by atoms with Gasteiger partial charge in [-0.05, 0) is 45.4 Å². The molecule has 4 nitrogen and oxygen atoms in total. The number of amidine groups is 1. The molecule has 5 heteroatoms. The van der Waals surface area contributed by atoms with Crippen molar-refractivity contribution in [1.29, 1.82) is 0 Å². The molecule has 0 amide bonds. The number of oxime groups is 1. The van der Waals surface area contributed by atoms with Crippen molar-refractivity contribution in [2.45, 2.75) is 37.5 Å². The molecule has 2 rings (SSSR count). The Morgan fingerprint density at radius 1 is 1.14 bits per heavy atom. The minimum atomic E-state index is 0.0901. The lowest BCUT2D eigenvalue weighted by Crippen LogP contribution is -2.17. The van der Waals surface area contributed by atoms with Gasteiger partial charge in [0.1, 0.15) is 0 Å². The number of hydrogen-bond donors (Lipinski definition) is 2. The SMILES string of the molecule is Cc1ccc(Sc2cc(C)nc(C)c2/C(N)=N/O)c(C)c1. The van der Waals surface area contributed by atoms with E-state index in [0.717, 1.165) is 21.2 Å². The summed E-state index contributed by atoms with van der Waals surface area (Å²) < 4.78 is 0. The number of aryl methyl sites for hydroxylation is 4. The average Bonchev–Trinajstić information content (AvgIpc) is 2.40. The van der Waals surface area contributed by atoms with E-state index in [2.05, 4.69) is 42.2 Å². The van der Waals surface area contributed by atoms with Crippen LogP contribution in [-0.4, -0.2) is 16.0 Å². The summed E-state index contributed by atoms with van der Waals surface area (Å²) in [5.41, 5.74) is 10.6. The van der Waals surface area contributed by atoms with Gasteiger partial charge in [0, 0.05) is 21.2 Å². The second-order valence-corrected chi connectivity index (χ2v) is 6.16. The second-order valence-electron chi connectivity index (χ2n) is 5.08. The fourth-order valence-electron chi connectivity index (χ4n) is 2.27. The molecule has 1 heterocycles. The molecular formula is C16H19N3OS. The molecule has 0 aliphatic carbocycles. The number of pyridine rings is 1. The van der Waals surface area contributed by atoms with Gasteiger partial charge in [0.25, 0.3) is 0 Å². The molecule has 0 spiro atoms. The van der Waals surface area contributed by atoms with E-state index in [1.807, 2.05) is 19.9 Å². The van der Waals surface area contributed by atoms with Crippen LogP contribution in [0.2, 0.25) is 0 Å². The van der Waals surface area contributed by atoms with Crippen LogP contribution in [0.25, 0.3) is 0 Å². The van der Waals surface area contributed by atoms with Crippen LogP contribution in [0.5, 0.6) is 0 Å². The molecule has 0 atom stereocenters. The van der Waals surface area contributed by atoms with Crippen LogP contribution in [0.15, 0.2) is 39.2 Å². The van der Waals surface area contributed by atoms with Crippen molar-refractivity contribution in [2.24, 2.45) is 10.9 Å². The van der Waals surface area contributed by atoms with Gasteiger partial charge in [-0.15, -0.1) is 0 Å². The van der Waals surface area contributed by atoms with Crippen molar-refractivity contribution in [2.75, 3.05) is 0 Å². The van der Waals surface area contributed by atoms with E-state index < -0.39 is 0 Å². The number of nitrogens with zero attached hydrogens (tertiary/aromatic N) is 2. The van der Waals surface area contributed by atoms with Crippen molar-refractivity contribution in [3.8, 4) is 0 Å².